The third-order valence-corrected chi connectivity index (χ3v) is 28.7. The second-order valence-electron chi connectivity index (χ2n) is 41.3. The number of esters is 1. The van der Waals surface area contributed by atoms with Crippen LogP contribution in [0.4, 0.5) is 0 Å². The fourth-order valence-electron chi connectivity index (χ4n) is 13.5. The highest BCUT2D eigenvalue weighted by atomic mass is 16.5. The molecule has 0 saturated carbocycles. The first kappa shape index (κ1) is 109. The molecule has 0 amide bonds. The number of hydrogen-bond donors (Lipinski definition) is 5. The summed E-state index contributed by atoms with van der Waals surface area (Å²) in [4.78, 5) is 31.2. The number of ether oxygens (including phenoxy) is 1. The number of ketones is 1. The molecule has 118 heavy (non-hydrogen) atoms. The predicted octanol–water partition coefficient (Wildman–Crippen LogP) is 30.9. The van der Waals surface area contributed by atoms with E-state index in [4.69, 9.17) is 9.53 Å². The molecule has 6 aromatic carbocycles. The topological polar surface area (TPSA) is 162 Å². The van der Waals surface area contributed by atoms with E-state index in [-0.39, 0.29) is 82.6 Å². The first-order chi connectivity index (χ1) is 53.9. The van der Waals surface area contributed by atoms with Crippen molar-refractivity contribution in [2.24, 2.45) is 0 Å². The van der Waals surface area contributed by atoms with Gasteiger partial charge in [0.05, 0.1) is 0 Å². The number of aromatic hydroxyl groups is 5. The maximum absolute atomic E-state index is 12.7. The zero-order chi connectivity index (χ0) is 92.2. The van der Waals surface area contributed by atoms with E-state index in [1.807, 2.05) is 24.3 Å². The minimum atomic E-state index is -0.470. The molecular formula is C109H172O9. The highest BCUT2D eigenvalue weighted by molar-refractivity contribution is 5.86. The first-order valence-electron chi connectivity index (χ1n) is 44.8. The van der Waals surface area contributed by atoms with E-state index in [1.165, 1.54) is 59.4 Å². The summed E-state index contributed by atoms with van der Waals surface area (Å²) in [6, 6.07) is 29.8. The number of phenols is 5. The second-order valence-corrected chi connectivity index (χ2v) is 41.3. The Labute approximate surface area is 723 Å². The number of phenolic OH excluding ortho intramolecular Hbond substituents is 5. The van der Waals surface area contributed by atoms with Crippen LogP contribution in [0.1, 0.15) is 455 Å². The molecule has 6 rings (SSSR count). The molecular weight excluding hydrogens is 1450 g/mol. The van der Waals surface area contributed by atoms with Crippen molar-refractivity contribution in [3.05, 3.63) is 199 Å². The Bertz CT molecular complexity index is 4120. The quantitative estimate of drug-likeness (QED) is 0.0123. The maximum Gasteiger partial charge on any atom is 0.335 e. The van der Waals surface area contributed by atoms with Gasteiger partial charge in [-0.3, -0.25) is 4.79 Å². The average Bonchev–Trinajstić information content (AvgIpc) is 0.752. The van der Waals surface area contributed by atoms with Gasteiger partial charge in [-0.25, -0.2) is 4.79 Å². The molecule has 1 unspecified atom stereocenters. The van der Waals surface area contributed by atoms with Crippen LogP contribution in [0.3, 0.4) is 0 Å². The number of benzene rings is 6. The first-order valence-corrected chi connectivity index (χ1v) is 44.8. The van der Waals surface area contributed by atoms with Crippen LogP contribution < -0.4 is 4.74 Å². The van der Waals surface area contributed by atoms with E-state index in [1.54, 1.807) is 0 Å². The maximum atomic E-state index is 12.7. The van der Waals surface area contributed by atoms with Gasteiger partial charge in [0.1, 0.15) is 40.8 Å². The fraction of sp³-hybridized carbons (Fsp3) is 0.606. The highest BCUT2D eigenvalue weighted by Gasteiger charge is 2.38. The van der Waals surface area contributed by atoms with Crippen LogP contribution >= 0.6 is 0 Å². The van der Waals surface area contributed by atoms with Crippen LogP contribution in [0.25, 0.3) is 0 Å². The molecule has 0 aliphatic heterocycles. The lowest BCUT2D eigenvalue weighted by Gasteiger charge is -2.34. The van der Waals surface area contributed by atoms with Gasteiger partial charge in [-0.15, -0.1) is 0 Å². The number of rotatable bonds is 31. The lowest BCUT2D eigenvalue weighted by molar-refractivity contribution is -0.129. The fourth-order valence-corrected chi connectivity index (χ4v) is 13.5. The molecule has 5 N–H and O–H groups in total. The van der Waals surface area contributed by atoms with Gasteiger partial charge in [-0.05, 0) is 219 Å². The van der Waals surface area contributed by atoms with Crippen molar-refractivity contribution in [3.63, 3.8) is 0 Å². The van der Waals surface area contributed by atoms with Crippen LogP contribution in [-0.2, 0) is 79.4 Å². The summed E-state index contributed by atoms with van der Waals surface area (Å²) in [5.74, 6) is 1.71. The van der Waals surface area contributed by atoms with Crippen molar-refractivity contribution >= 4 is 18.0 Å². The third kappa shape index (κ3) is 27.3. The van der Waals surface area contributed by atoms with Gasteiger partial charge in [0.2, 0.25) is 0 Å². The molecule has 6 aromatic rings. The van der Waals surface area contributed by atoms with E-state index in [0.29, 0.717) is 34.5 Å². The minimum absolute atomic E-state index is 0.00972. The van der Waals surface area contributed by atoms with Crippen molar-refractivity contribution in [2.75, 3.05) is 0 Å². The molecule has 0 fully saturated rings. The molecule has 0 bridgehead atoms. The smallest absolute Gasteiger partial charge is 0.335 e. The van der Waals surface area contributed by atoms with Gasteiger partial charge < -0.3 is 35.1 Å². The van der Waals surface area contributed by atoms with E-state index < -0.39 is 5.97 Å². The second kappa shape index (κ2) is 43.4. The molecule has 9 nitrogen and oxygen atoms in total. The molecule has 0 aliphatic carbocycles. The summed E-state index contributed by atoms with van der Waals surface area (Å²) in [5.41, 5.74) is 16.8. The van der Waals surface area contributed by atoms with E-state index >= 15 is 0 Å². The van der Waals surface area contributed by atoms with Gasteiger partial charge in [0.25, 0.3) is 0 Å². The summed E-state index contributed by atoms with van der Waals surface area (Å²) < 4.78 is 6.10. The monoisotopic (exact) mass is 1630 g/mol. The van der Waals surface area contributed by atoms with Crippen LogP contribution in [0.2, 0.25) is 0 Å². The standard InChI is InChI=1S/C37H56O3.C34H54O2.2C16H26O.C4H6O.C2H4O/c1-15-31(38)40-33-28(21-26(35(9,10)17-3)23-30(33)37(13,14)19-5)24(6)27-20-25(34(7,8)16-2)22-29(32(27)39)36(11,12)18-4;1-14-31(6,7)23-18-25(29(35)27(20-23)33(10,11)16-3)22(5)26-19-24(32(8,9)15-2)21-28(30(26)36)34(12,13)17-4;2*1-7-15(3,4)12-9-10-14(17)13(11-12)16(5,6)8-2;1-3-4(2)5;1-2-3/h15,20-24,39H,1,16-19H2,2-14H3;18-22,35-36H,14-17H2,1-13H3;2*9-11,17H,7-8H2,1-6H3;3H,1H2,2H3;2H,1H3. The van der Waals surface area contributed by atoms with Crippen LogP contribution in [-0.4, -0.2) is 43.6 Å². The van der Waals surface area contributed by atoms with Crippen molar-refractivity contribution in [1.29, 1.82) is 0 Å². The molecule has 0 saturated heterocycles. The summed E-state index contributed by atoms with van der Waals surface area (Å²) in [7, 11) is 0. The van der Waals surface area contributed by atoms with Gasteiger partial charge in [-0.1, -0.05) is 349 Å². The SMILES string of the molecule is C=CC(=O)Oc1c(C(C)c2cc(C(C)(C)CC)cc(C(C)(C)CC)c2O)cc(C(C)(C)CC)cc1C(C)(C)CC.C=CC(C)=O.CC=O.CCC(C)(C)c1cc(C(C)c2cc(C(C)(C)CC)cc(C(C)(C)CC)c2O)c(O)c(C(C)(C)CC)c1.CCC(C)(C)c1ccc(O)c(C(C)(C)CC)c1.CCC(C)(C)c1ccc(O)c(C(C)(C)CC)c1. The zero-order valence-electron chi connectivity index (χ0n) is 82.7. The van der Waals surface area contributed by atoms with Crippen molar-refractivity contribution in [1.82, 2.24) is 0 Å². The zero-order valence-corrected chi connectivity index (χ0v) is 82.7. The molecule has 0 radical (unpaired) electrons. The Hall–Kier alpha value is -7.39. The Morgan fingerprint density at radius 1 is 0.314 bits per heavy atom. The molecule has 0 aromatic heterocycles. The van der Waals surface area contributed by atoms with Crippen LogP contribution in [0, 0.1) is 0 Å². The average molecular weight is 1630 g/mol. The van der Waals surface area contributed by atoms with Crippen LogP contribution in [0.15, 0.2) is 110 Å². The van der Waals surface area contributed by atoms with Crippen LogP contribution in [0.5, 0.6) is 34.5 Å². The van der Waals surface area contributed by atoms with Crippen molar-refractivity contribution in [3.8, 4) is 34.5 Å². The minimum Gasteiger partial charge on any atom is -0.508 e. The lowest BCUT2D eigenvalue weighted by Crippen LogP contribution is -2.24. The molecule has 1 atom stereocenters. The highest BCUT2D eigenvalue weighted by Crippen LogP contribution is 2.52. The third-order valence-electron chi connectivity index (χ3n) is 28.7. The Balaban J connectivity index is 0.000000806. The largest absolute Gasteiger partial charge is 0.508 e. The Morgan fingerprint density at radius 2 is 0.500 bits per heavy atom. The van der Waals surface area contributed by atoms with E-state index in [9.17, 15) is 35.1 Å². The number of hydrogen-bond acceptors (Lipinski definition) is 9. The Morgan fingerprint density at radius 3 is 0.720 bits per heavy atom. The summed E-state index contributed by atoms with van der Waals surface area (Å²) in [6.07, 6.45) is 15.1. The predicted molar refractivity (Wildman–Crippen MR) is 510 cm³/mol. The normalized spacial score (nSPS) is 12.9. The van der Waals surface area contributed by atoms with Crippen molar-refractivity contribution in [2.45, 2.75) is 431 Å². The molecule has 9 heteroatoms. The lowest BCUT2D eigenvalue weighted by atomic mass is 9.71. The van der Waals surface area contributed by atoms with Gasteiger partial charge in [0, 0.05) is 62.4 Å². The van der Waals surface area contributed by atoms with E-state index in [2.05, 4.69) is 337 Å². The number of carbonyl (C=O) groups is 3. The van der Waals surface area contributed by atoms with Gasteiger partial charge in [-0.2, -0.15) is 0 Å². The molecule has 0 spiro atoms. The summed E-state index contributed by atoms with van der Waals surface area (Å²) >= 11 is 0. The van der Waals surface area contributed by atoms with Gasteiger partial charge in [0.15, 0.2) is 5.78 Å². The Kier molecular flexibility index (Phi) is 39.9. The number of carbonyl (C=O) groups excluding carboxylic acids is 3. The van der Waals surface area contributed by atoms with E-state index in [0.717, 1.165) is 139 Å². The summed E-state index contributed by atoms with van der Waals surface area (Å²) in [6.45, 7) is 93.9. The number of aldehydes is 1. The van der Waals surface area contributed by atoms with Gasteiger partial charge >= 0.3 is 5.97 Å². The van der Waals surface area contributed by atoms with Crippen molar-refractivity contribution < 1.29 is 44.7 Å². The molecule has 662 valence electrons. The summed E-state index contributed by atoms with van der Waals surface area (Å²) in [5, 5.41) is 55.4. The number of allylic oxidation sites excluding steroid dienone is 1. The molecule has 0 aliphatic rings. The molecule has 0 heterocycles.